The molecule has 2 aromatic rings. The number of halogens is 2. The highest BCUT2D eigenvalue weighted by Crippen LogP contribution is 2.30. The number of benzene rings is 1. The lowest BCUT2D eigenvalue weighted by molar-refractivity contribution is 0.0127. The molecule has 2 rings (SSSR count). The molecule has 1 unspecified atom stereocenters. The smallest absolute Gasteiger partial charge is 0.339 e. The third-order valence-corrected chi connectivity index (χ3v) is 6.02. The van der Waals surface area contributed by atoms with E-state index in [0.29, 0.717) is 45.9 Å². The summed E-state index contributed by atoms with van der Waals surface area (Å²) in [5.41, 5.74) is 2.01. The van der Waals surface area contributed by atoms with Crippen LogP contribution in [0.25, 0.3) is 5.69 Å². The molecule has 166 valence electrons. The summed E-state index contributed by atoms with van der Waals surface area (Å²) < 4.78 is 7.15. The molecule has 0 aliphatic rings. The molecule has 0 aliphatic carbocycles. The van der Waals surface area contributed by atoms with E-state index >= 15 is 0 Å². The van der Waals surface area contributed by atoms with Gasteiger partial charge >= 0.3 is 5.97 Å². The molecule has 5 nitrogen and oxygen atoms in total. The van der Waals surface area contributed by atoms with E-state index in [4.69, 9.17) is 33.0 Å². The summed E-state index contributed by atoms with van der Waals surface area (Å²) in [5, 5.41) is 15.7. The minimum atomic E-state index is -0.953. The Labute approximate surface area is 189 Å². The van der Waals surface area contributed by atoms with Gasteiger partial charge in [0.1, 0.15) is 5.56 Å². The van der Waals surface area contributed by atoms with Gasteiger partial charge in [-0.05, 0) is 57.2 Å². The second-order valence-corrected chi connectivity index (χ2v) is 9.34. The average molecular weight is 455 g/mol. The van der Waals surface area contributed by atoms with Gasteiger partial charge in [-0.2, -0.15) is 5.10 Å². The van der Waals surface area contributed by atoms with Crippen LogP contribution in [0.15, 0.2) is 18.2 Å². The van der Waals surface area contributed by atoms with Gasteiger partial charge in [0.15, 0.2) is 0 Å². The standard InChI is InChI=1S/C23H32Cl2N2O3/c1-6-8-19-21(22(28)29)18(13-15(2)9-7-12-23(3,4)30-5)26-27(19)20-14-16(24)10-11-17(20)25/h10-11,14-15H,6-9,12-13H2,1-5H3,(H,28,29). The van der Waals surface area contributed by atoms with Crippen LogP contribution in [0.1, 0.15) is 75.1 Å². The van der Waals surface area contributed by atoms with Gasteiger partial charge in [-0.25, -0.2) is 9.48 Å². The topological polar surface area (TPSA) is 64.3 Å². The number of aromatic nitrogens is 2. The van der Waals surface area contributed by atoms with E-state index in [1.165, 1.54) is 0 Å². The van der Waals surface area contributed by atoms with Crippen LogP contribution < -0.4 is 0 Å². The maximum atomic E-state index is 12.2. The Balaban J connectivity index is 2.35. The number of methoxy groups -OCH3 is 1. The number of hydrogen-bond acceptors (Lipinski definition) is 3. The van der Waals surface area contributed by atoms with Crippen molar-refractivity contribution < 1.29 is 14.6 Å². The molecule has 7 heteroatoms. The fourth-order valence-electron chi connectivity index (χ4n) is 3.62. The van der Waals surface area contributed by atoms with Crippen molar-refractivity contribution in [1.29, 1.82) is 0 Å². The van der Waals surface area contributed by atoms with Crippen molar-refractivity contribution in [2.45, 2.75) is 71.8 Å². The molecule has 0 radical (unpaired) electrons. The van der Waals surface area contributed by atoms with Gasteiger partial charge in [-0.3, -0.25) is 0 Å². The lowest BCUT2D eigenvalue weighted by atomic mass is 9.93. The van der Waals surface area contributed by atoms with Crippen LogP contribution >= 0.6 is 23.2 Å². The Kier molecular flexibility index (Phi) is 8.77. The zero-order valence-corrected chi connectivity index (χ0v) is 20.0. The van der Waals surface area contributed by atoms with E-state index in [1.807, 2.05) is 6.92 Å². The molecule has 0 saturated heterocycles. The van der Waals surface area contributed by atoms with Crippen LogP contribution in [0.5, 0.6) is 0 Å². The molecule has 0 saturated carbocycles. The largest absolute Gasteiger partial charge is 0.478 e. The third-order valence-electron chi connectivity index (χ3n) is 5.46. The molecule has 0 bridgehead atoms. The van der Waals surface area contributed by atoms with Crippen molar-refractivity contribution in [2.75, 3.05) is 7.11 Å². The molecule has 1 aromatic carbocycles. The van der Waals surface area contributed by atoms with Gasteiger partial charge in [0.2, 0.25) is 0 Å². The zero-order chi connectivity index (χ0) is 22.5. The van der Waals surface area contributed by atoms with Crippen molar-refractivity contribution in [2.24, 2.45) is 5.92 Å². The Morgan fingerprint density at radius 3 is 2.63 bits per heavy atom. The minimum absolute atomic E-state index is 0.148. The normalized spacial score (nSPS) is 12.9. The second-order valence-electron chi connectivity index (χ2n) is 8.50. The number of nitrogens with zero attached hydrogens (tertiary/aromatic N) is 2. The van der Waals surface area contributed by atoms with Crippen molar-refractivity contribution in [1.82, 2.24) is 9.78 Å². The minimum Gasteiger partial charge on any atom is -0.478 e. The first-order chi connectivity index (χ1) is 14.1. The van der Waals surface area contributed by atoms with Gasteiger partial charge in [0.25, 0.3) is 0 Å². The Bertz CT molecular complexity index is 878. The maximum Gasteiger partial charge on any atom is 0.339 e. The highest BCUT2D eigenvalue weighted by molar-refractivity contribution is 6.34. The first-order valence-electron chi connectivity index (χ1n) is 10.4. The van der Waals surface area contributed by atoms with Gasteiger partial charge in [0.05, 0.1) is 27.7 Å². The monoisotopic (exact) mass is 454 g/mol. The van der Waals surface area contributed by atoms with E-state index in [9.17, 15) is 9.90 Å². The summed E-state index contributed by atoms with van der Waals surface area (Å²) in [6.07, 6.45) is 4.91. The Morgan fingerprint density at radius 1 is 1.33 bits per heavy atom. The van der Waals surface area contributed by atoms with Crippen molar-refractivity contribution in [3.8, 4) is 5.69 Å². The fourth-order valence-corrected chi connectivity index (χ4v) is 3.98. The van der Waals surface area contributed by atoms with Gasteiger partial charge in [0, 0.05) is 12.1 Å². The lowest BCUT2D eigenvalue weighted by Gasteiger charge is -2.23. The molecular formula is C23H32Cl2N2O3. The van der Waals surface area contributed by atoms with E-state index < -0.39 is 5.97 Å². The van der Waals surface area contributed by atoms with Crippen molar-refractivity contribution in [3.05, 3.63) is 45.2 Å². The predicted molar refractivity (Wildman–Crippen MR) is 122 cm³/mol. The summed E-state index contributed by atoms with van der Waals surface area (Å²) in [6.45, 7) is 8.31. The SMILES string of the molecule is CCCc1c(C(=O)O)c(CC(C)CCCC(C)(C)OC)nn1-c1cc(Cl)ccc1Cl. The molecule has 1 atom stereocenters. The maximum absolute atomic E-state index is 12.2. The number of ether oxygens (including phenoxy) is 1. The van der Waals surface area contributed by atoms with Gasteiger partial charge in [-0.15, -0.1) is 0 Å². The Morgan fingerprint density at radius 2 is 2.03 bits per heavy atom. The quantitative estimate of drug-likeness (QED) is 0.414. The van der Waals surface area contributed by atoms with E-state index in [0.717, 1.165) is 25.7 Å². The average Bonchev–Trinajstić information content (AvgIpc) is 3.01. The highest BCUT2D eigenvalue weighted by atomic mass is 35.5. The van der Waals surface area contributed by atoms with Crippen LogP contribution in [0, 0.1) is 5.92 Å². The number of carbonyl (C=O) groups is 1. The number of carboxylic acids is 1. The summed E-state index contributed by atoms with van der Waals surface area (Å²) in [4.78, 5) is 12.2. The molecule has 1 heterocycles. The number of aromatic carboxylic acids is 1. The predicted octanol–water partition coefficient (Wildman–Crippen LogP) is 6.60. The van der Waals surface area contributed by atoms with E-state index in [1.54, 1.807) is 30.0 Å². The number of hydrogen-bond donors (Lipinski definition) is 1. The van der Waals surface area contributed by atoms with Crippen molar-refractivity contribution in [3.63, 3.8) is 0 Å². The van der Waals surface area contributed by atoms with Crippen LogP contribution in [-0.2, 0) is 17.6 Å². The van der Waals surface area contributed by atoms with Crippen LogP contribution in [0.4, 0.5) is 0 Å². The summed E-state index contributed by atoms with van der Waals surface area (Å²) in [5.74, 6) is -0.658. The second kappa shape index (κ2) is 10.7. The highest BCUT2D eigenvalue weighted by Gasteiger charge is 2.26. The molecule has 0 fully saturated rings. The summed E-state index contributed by atoms with van der Waals surface area (Å²) in [6, 6.07) is 5.14. The third kappa shape index (κ3) is 6.22. The number of rotatable bonds is 11. The van der Waals surface area contributed by atoms with Gasteiger partial charge < -0.3 is 9.84 Å². The molecular weight excluding hydrogens is 423 g/mol. The molecule has 1 aromatic heterocycles. The molecule has 30 heavy (non-hydrogen) atoms. The molecule has 0 spiro atoms. The van der Waals surface area contributed by atoms with Gasteiger partial charge in [-0.1, -0.05) is 56.3 Å². The molecule has 0 aliphatic heterocycles. The fraction of sp³-hybridized carbons (Fsp3) is 0.565. The van der Waals surface area contributed by atoms with E-state index in [2.05, 4.69) is 20.8 Å². The van der Waals surface area contributed by atoms with Crippen LogP contribution in [-0.4, -0.2) is 33.6 Å². The lowest BCUT2D eigenvalue weighted by Crippen LogP contribution is -2.22. The van der Waals surface area contributed by atoms with E-state index in [-0.39, 0.29) is 11.2 Å². The first kappa shape index (κ1) is 24.7. The van der Waals surface area contributed by atoms with Crippen molar-refractivity contribution >= 4 is 29.2 Å². The molecule has 1 N–H and O–H groups in total. The van der Waals surface area contributed by atoms with Crippen LogP contribution in [0.2, 0.25) is 10.0 Å². The molecule has 0 amide bonds. The van der Waals surface area contributed by atoms with Crippen LogP contribution in [0.3, 0.4) is 0 Å². The Hall–Kier alpha value is -1.56. The summed E-state index contributed by atoms with van der Waals surface area (Å²) >= 11 is 12.6. The first-order valence-corrected chi connectivity index (χ1v) is 11.2. The summed E-state index contributed by atoms with van der Waals surface area (Å²) in [7, 11) is 1.73. The number of carboxylic acid groups (broad SMARTS) is 1. The zero-order valence-electron chi connectivity index (χ0n) is 18.5.